The lowest BCUT2D eigenvalue weighted by Gasteiger charge is -2.26. The lowest BCUT2D eigenvalue weighted by atomic mass is 10.1. The molecule has 1 aliphatic carbocycles. The summed E-state index contributed by atoms with van der Waals surface area (Å²) in [5, 5.41) is 9.22. The van der Waals surface area contributed by atoms with E-state index in [9.17, 15) is 5.11 Å². The third-order valence-electron chi connectivity index (χ3n) is 3.36. The topological polar surface area (TPSA) is 64.7 Å². The second-order valence-corrected chi connectivity index (χ2v) is 5.22. The molecule has 1 rings (SSSR count). The number of aliphatic hydroxyl groups is 1. The van der Waals surface area contributed by atoms with E-state index < -0.39 is 0 Å². The summed E-state index contributed by atoms with van der Waals surface area (Å²) in [6.07, 6.45) is 2.92. The lowest BCUT2D eigenvalue weighted by molar-refractivity contribution is -0.0477. The Morgan fingerprint density at radius 3 is 2.50 bits per heavy atom. The van der Waals surface area contributed by atoms with Gasteiger partial charge in [-0.15, -0.1) is 0 Å². The van der Waals surface area contributed by atoms with E-state index in [0.717, 1.165) is 6.42 Å². The first-order chi connectivity index (χ1) is 7.50. The Hall–Kier alpha value is -0.160. The van der Waals surface area contributed by atoms with E-state index in [2.05, 4.69) is 0 Å². The van der Waals surface area contributed by atoms with Crippen molar-refractivity contribution in [3.05, 3.63) is 0 Å². The number of rotatable bonds is 8. The molecule has 0 saturated heterocycles. The maximum atomic E-state index is 9.22. The molecular weight excluding hydrogens is 206 g/mol. The van der Waals surface area contributed by atoms with E-state index in [1.54, 1.807) is 7.11 Å². The van der Waals surface area contributed by atoms with Crippen molar-refractivity contribution >= 4 is 0 Å². The first-order valence-corrected chi connectivity index (χ1v) is 6.03. The molecule has 1 fully saturated rings. The minimum absolute atomic E-state index is 0.00504. The molecule has 0 amide bonds. The second-order valence-electron chi connectivity index (χ2n) is 5.22. The number of ether oxygens (including phenoxy) is 2. The molecule has 3 N–H and O–H groups in total. The Morgan fingerprint density at radius 2 is 2.06 bits per heavy atom. The Bertz CT molecular complexity index is 204. The third kappa shape index (κ3) is 4.37. The molecule has 2 unspecified atom stereocenters. The van der Waals surface area contributed by atoms with Crippen molar-refractivity contribution in [2.24, 2.45) is 11.7 Å². The third-order valence-corrected chi connectivity index (χ3v) is 3.36. The maximum absolute atomic E-state index is 9.22. The van der Waals surface area contributed by atoms with Gasteiger partial charge in [-0.2, -0.15) is 0 Å². The van der Waals surface area contributed by atoms with Gasteiger partial charge in [0.1, 0.15) is 0 Å². The standard InChI is InChI=1S/C12H25NO3/c1-12(2,15-3)6-7-16-10(8-14)11(13)9-4-5-9/h9-11,14H,4-8,13H2,1-3H3. The molecule has 1 aliphatic rings. The molecule has 0 aromatic heterocycles. The van der Waals surface area contributed by atoms with Gasteiger partial charge < -0.3 is 20.3 Å². The van der Waals surface area contributed by atoms with E-state index >= 15 is 0 Å². The minimum atomic E-state index is -0.222. The zero-order valence-electron chi connectivity index (χ0n) is 10.6. The normalized spacial score (nSPS) is 20.8. The van der Waals surface area contributed by atoms with Crippen LogP contribution < -0.4 is 5.73 Å². The molecular formula is C12H25NO3. The maximum Gasteiger partial charge on any atom is 0.0958 e. The Morgan fingerprint density at radius 1 is 1.44 bits per heavy atom. The highest BCUT2D eigenvalue weighted by Gasteiger charge is 2.34. The molecule has 0 bridgehead atoms. The quantitative estimate of drug-likeness (QED) is 0.652. The molecule has 16 heavy (non-hydrogen) atoms. The molecule has 4 heteroatoms. The van der Waals surface area contributed by atoms with Gasteiger partial charge >= 0.3 is 0 Å². The number of methoxy groups -OCH3 is 1. The number of nitrogens with two attached hydrogens (primary N) is 1. The molecule has 0 aromatic rings. The Labute approximate surface area is 98.1 Å². The van der Waals surface area contributed by atoms with E-state index in [0.29, 0.717) is 12.5 Å². The molecule has 2 atom stereocenters. The van der Waals surface area contributed by atoms with Gasteiger partial charge in [0.2, 0.25) is 0 Å². The van der Waals surface area contributed by atoms with Crippen LogP contribution in [0.4, 0.5) is 0 Å². The summed E-state index contributed by atoms with van der Waals surface area (Å²) in [6.45, 7) is 4.62. The fourth-order valence-electron chi connectivity index (χ4n) is 1.63. The number of aliphatic hydroxyl groups excluding tert-OH is 1. The molecule has 96 valence electrons. The van der Waals surface area contributed by atoms with Crippen LogP contribution in [0.25, 0.3) is 0 Å². The highest BCUT2D eigenvalue weighted by molar-refractivity contribution is 4.89. The Balaban J connectivity index is 2.23. The van der Waals surface area contributed by atoms with Crippen LogP contribution in [0.15, 0.2) is 0 Å². The van der Waals surface area contributed by atoms with Crippen LogP contribution in [0.2, 0.25) is 0 Å². The van der Waals surface area contributed by atoms with Gasteiger partial charge in [0.15, 0.2) is 0 Å². The van der Waals surface area contributed by atoms with Crippen LogP contribution in [-0.2, 0) is 9.47 Å². The fraction of sp³-hybridized carbons (Fsp3) is 1.00. The van der Waals surface area contributed by atoms with Crippen LogP contribution in [0, 0.1) is 5.92 Å². The highest BCUT2D eigenvalue weighted by Crippen LogP contribution is 2.33. The Kier molecular flexibility index (Phi) is 5.18. The van der Waals surface area contributed by atoms with Crippen molar-refractivity contribution in [3.8, 4) is 0 Å². The lowest BCUT2D eigenvalue weighted by Crippen LogP contribution is -2.42. The van der Waals surface area contributed by atoms with Crippen LogP contribution in [0.5, 0.6) is 0 Å². The summed E-state index contributed by atoms with van der Waals surface area (Å²) in [5.41, 5.74) is 5.82. The first-order valence-electron chi connectivity index (χ1n) is 6.03. The van der Waals surface area contributed by atoms with Crippen LogP contribution >= 0.6 is 0 Å². The summed E-state index contributed by atoms with van der Waals surface area (Å²) in [5.74, 6) is 0.549. The van der Waals surface area contributed by atoms with Crippen molar-refractivity contribution in [2.75, 3.05) is 20.3 Å². The van der Waals surface area contributed by atoms with Gasteiger partial charge in [0.05, 0.1) is 18.3 Å². The second kappa shape index (κ2) is 5.96. The highest BCUT2D eigenvalue weighted by atomic mass is 16.5. The molecule has 0 spiro atoms. The summed E-state index contributed by atoms with van der Waals surface area (Å²) in [4.78, 5) is 0. The largest absolute Gasteiger partial charge is 0.394 e. The van der Waals surface area contributed by atoms with E-state index in [4.69, 9.17) is 15.2 Å². The van der Waals surface area contributed by atoms with Crippen LogP contribution in [0.1, 0.15) is 33.1 Å². The van der Waals surface area contributed by atoms with Crippen molar-refractivity contribution in [1.29, 1.82) is 0 Å². The van der Waals surface area contributed by atoms with E-state index in [1.165, 1.54) is 12.8 Å². The summed E-state index contributed by atoms with van der Waals surface area (Å²) >= 11 is 0. The van der Waals surface area contributed by atoms with Gasteiger partial charge in [-0.1, -0.05) is 0 Å². The smallest absolute Gasteiger partial charge is 0.0958 e. The summed E-state index contributed by atoms with van der Waals surface area (Å²) in [7, 11) is 1.69. The zero-order chi connectivity index (χ0) is 12.2. The average Bonchev–Trinajstić information content (AvgIpc) is 3.07. The van der Waals surface area contributed by atoms with Gasteiger partial charge in [0.25, 0.3) is 0 Å². The van der Waals surface area contributed by atoms with Gasteiger partial charge in [-0.05, 0) is 39.0 Å². The molecule has 1 saturated carbocycles. The predicted octanol–water partition coefficient (Wildman–Crippen LogP) is 0.916. The van der Waals surface area contributed by atoms with Gasteiger partial charge in [-0.25, -0.2) is 0 Å². The van der Waals surface area contributed by atoms with Crippen LogP contribution in [-0.4, -0.2) is 43.2 Å². The van der Waals surface area contributed by atoms with E-state index in [-0.39, 0.29) is 24.4 Å². The van der Waals surface area contributed by atoms with Gasteiger partial charge in [0, 0.05) is 19.8 Å². The zero-order valence-corrected chi connectivity index (χ0v) is 10.6. The minimum Gasteiger partial charge on any atom is -0.394 e. The predicted molar refractivity (Wildman–Crippen MR) is 63.2 cm³/mol. The molecule has 0 radical (unpaired) electrons. The molecule has 0 aromatic carbocycles. The number of hydrogen-bond acceptors (Lipinski definition) is 4. The molecule has 0 aliphatic heterocycles. The van der Waals surface area contributed by atoms with Crippen LogP contribution in [0.3, 0.4) is 0 Å². The molecule has 4 nitrogen and oxygen atoms in total. The number of hydrogen-bond donors (Lipinski definition) is 2. The summed E-state index contributed by atoms with van der Waals surface area (Å²) in [6, 6.07) is -0.0179. The van der Waals surface area contributed by atoms with E-state index in [1.807, 2.05) is 13.8 Å². The van der Waals surface area contributed by atoms with Gasteiger partial charge in [-0.3, -0.25) is 0 Å². The SMILES string of the molecule is COC(C)(C)CCOC(CO)C(N)C1CC1. The van der Waals surface area contributed by atoms with Crippen molar-refractivity contribution in [2.45, 2.75) is 50.9 Å². The monoisotopic (exact) mass is 231 g/mol. The first kappa shape index (κ1) is 13.9. The fourth-order valence-corrected chi connectivity index (χ4v) is 1.63. The average molecular weight is 231 g/mol. The molecule has 0 heterocycles. The van der Waals surface area contributed by atoms with Crippen molar-refractivity contribution in [3.63, 3.8) is 0 Å². The summed E-state index contributed by atoms with van der Waals surface area (Å²) < 4.78 is 10.9. The van der Waals surface area contributed by atoms with Crippen molar-refractivity contribution in [1.82, 2.24) is 0 Å². The van der Waals surface area contributed by atoms with Crippen molar-refractivity contribution < 1.29 is 14.6 Å².